The number of nitro benzene ring substituents is 1. The van der Waals surface area contributed by atoms with Crippen LogP contribution in [0.15, 0.2) is 48.5 Å². The molecule has 0 unspecified atom stereocenters. The maximum absolute atomic E-state index is 13.2. The van der Waals surface area contributed by atoms with Gasteiger partial charge in [0.2, 0.25) is 5.91 Å². The smallest absolute Gasteiger partial charge is 0.293 e. The van der Waals surface area contributed by atoms with Crippen molar-refractivity contribution < 1.29 is 14.5 Å². The van der Waals surface area contributed by atoms with Crippen molar-refractivity contribution in [3.05, 3.63) is 69.8 Å². The van der Waals surface area contributed by atoms with E-state index in [9.17, 15) is 19.7 Å². The Morgan fingerprint density at radius 2 is 1.74 bits per heavy atom. The number of rotatable bonds is 7. The molecule has 2 heterocycles. The lowest BCUT2D eigenvalue weighted by Gasteiger charge is -2.31. The highest BCUT2D eigenvalue weighted by atomic mass is 16.6. The van der Waals surface area contributed by atoms with Crippen LogP contribution in [0.4, 0.5) is 11.4 Å². The molecule has 2 aliphatic heterocycles. The Morgan fingerprint density at radius 3 is 2.38 bits per heavy atom. The molecule has 34 heavy (non-hydrogen) atoms. The first kappa shape index (κ1) is 23.7. The van der Waals surface area contributed by atoms with Gasteiger partial charge in [-0.05, 0) is 49.3 Å². The molecule has 0 aliphatic carbocycles. The lowest BCUT2D eigenvalue weighted by atomic mass is 9.98. The first-order valence-electron chi connectivity index (χ1n) is 12.1. The second-order valence-electron chi connectivity index (χ2n) is 9.38. The fraction of sp³-hybridized carbons (Fsp3) is 0.462. The average molecular weight is 465 g/mol. The fourth-order valence-corrected chi connectivity index (χ4v) is 4.78. The van der Waals surface area contributed by atoms with Crippen molar-refractivity contribution in [2.24, 2.45) is 5.92 Å². The third kappa shape index (κ3) is 5.55. The van der Waals surface area contributed by atoms with E-state index >= 15 is 0 Å². The number of carbonyl (C=O) groups excluding carboxylic acids is 2. The molecule has 0 aromatic heterocycles. The minimum absolute atomic E-state index is 0.0762. The van der Waals surface area contributed by atoms with Crippen molar-refractivity contribution in [3.63, 3.8) is 0 Å². The Balaban J connectivity index is 1.54. The zero-order valence-electron chi connectivity index (χ0n) is 19.6. The first-order chi connectivity index (χ1) is 16.4. The summed E-state index contributed by atoms with van der Waals surface area (Å²) in [5.41, 5.74) is 1.60. The third-order valence-electron chi connectivity index (χ3n) is 6.86. The van der Waals surface area contributed by atoms with Crippen LogP contribution in [0.2, 0.25) is 0 Å². The minimum Gasteiger partial charge on any atom is -0.366 e. The van der Waals surface area contributed by atoms with E-state index in [1.807, 2.05) is 35.2 Å². The standard InChI is InChI=1S/C26H32N4O4/c1-19-11-15-28(16-12-19)23-10-9-21(18-24(23)30(33)34)25(31)27-22(17-20-7-3-2-4-8-20)26(32)29-13-5-6-14-29/h2-4,7-10,18-19,22H,5-6,11-17H2,1H3,(H,27,31)/t22-/m0/s1. The van der Waals surface area contributed by atoms with E-state index in [2.05, 4.69) is 12.2 Å². The predicted molar refractivity (Wildman–Crippen MR) is 131 cm³/mol. The van der Waals surface area contributed by atoms with Crippen molar-refractivity contribution in [1.29, 1.82) is 0 Å². The molecule has 0 radical (unpaired) electrons. The second kappa shape index (κ2) is 10.7. The van der Waals surface area contributed by atoms with Gasteiger partial charge in [-0.25, -0.2) is 0 Å². The van der Waals surface area contributed by atoms with Crippen LogP contribution in [0.5, 0.6) is 0 Å². The largest absolute Gasteiger partial charge is 0.366 e. The zero-order chi connectivity index (χ0) is 24.1. The number of nitro groups is 1. The number of benzene rings is 2. The molecule has 2 aromatic rings. The molecular formula is C26H32N4O4. The highest BCUT2D eigenvalue weighted by molar-refractivity contribution is 5.98. The van der Waals surface area contributed by atoms with Gasteiger partial charge >= 0.3 is 0 Å². The number of carbonyl (C=O) groups is 2. The van der Waals surface area contributed by atoms with Crippen LogP contribution < -0.4 is 10.2 Å². The SMILES string of the molecule is CC1CCN(c2ccc(C(=O)N[C@@H](Cc3ccccc3)C(=O)N3CCCC3)cc2[N+](=O)[O-])CC1. The number of nitrogens with one attached hydrogen (secondary N) is 1. The van der Waals surface area contributed by atoms with E-state index in [4.69, 9.17) is 0 Å². The number of hydrogen-bond donors (Lipinski definition) is 1. The van der Waals surface area contributed by atoms with Gasteiger partial charge in [0.05, 0.1) is 4.92 Å². The molecule has 0 saturated carbocycles. The molecule has 1 N–H and O–H groups in total. The zero-order valence-corrected chi connectivity index (χ0v) is 19.6. The number of likely N-dealkylation sites (tertiary alicyclic amines) is 1. The quantitative estimate of drug-likeness (QED) is 0.497. The minimum atomic E-state index is -0.727. The summed E-state index contributed by atoms with van der Waals surface area (Å²) < 4.78 is 0. The van der Waals surface area contributed by atoms with Gasteiger partial charge in [-0.15, -0.1) is 0 Å². The van der Waals surface area contributed by atoms with Crippen LogP contribution in [0.3, 0.4) is 0 Å². The Morgan fingerprint density at radius 1 is 1.06 bits per heavy atom. The molecule has 2 aromatic carbocycles. The Kier molecular flexibility index (Phi) is 7.45. The Hall–Kier alpha value is -3.42. The van der Waals surface area contributed by atoms with E-state index in [-0.39, 0.29) is 17.2 Å². The maximum Gasteiger partial charge on any atom is 0.293 e. The van der Waals surface area contributed by atoms with E-state index in [0.29, 0.717) is 31.1 Å². The van der Waals surface area contributed by atoms with E-state index in [1.54, 1.807) is 17.0 Å². The van der Waals surface area contributed by atoms with Crippen LogP contribution >= 0.6 is 0 Å². The van der Waals surface area contributed by atoms with Gasteiger partial charge in [0, 0.05) is 44.2 Å². The molecular weight excluding hydrogens is 432 g/mol. The van der Waals surface area contributed by atoms with Crippen LogP contribution in [0.1, 0.15) is 48.5 Å². The van der Waals surface area contributed by atoms with Gasteiger partial charge in [0.15, 0.2) is 0 Å². The van der Waals surface area contributed by atoms with Crippen molar-refractivity contribution in [2.75, 3.05) is 31.1 Å². The lowest BCUT2D eigenvalue weighted by Crippen LogP contribution is -2.49. The molecule has 2 aliphatic rings. The van der Waals surface area contributed by atoms with Crippen molar-refractivity contribution >= 4 is 23.2 Å². The van der Waals surface area contributed by atoms with E-state index in [0.717, 1.165) is 44.3 Å². The van der Waals surface area contributed by atoms with E-state index < -0.39 is 16.9 Å². The number of hydrogen-bond acceptors (Lipinski definition) is 5. The number of anilines is 1. The van der Waals surface area contributed by atoms with Crippen LogP contribution in [-0.2, 0) is 11.2 Å². The third-order valence-corrected chi connectivity index (χ3v) is 6.86. The van der Waals surface area contributed by atoms with Gasteiger partial charge in [0.1, 0.15) is 11.7 Å². The second-order valence-corrected chi connectivity index (χ2v) is 9.38. The van der Waals surface area contributed by atoms with Crippen LogP contribution in [0.25, 0.3) is 0 Å². The van der Waals surface area contributed by atoms with Gasteiger partial charge in [0.25, 0.3) is 11.6 Å². The summed E-state index contributed by atoms with van der Waals surface area (Å²) in [6.07, 6.45) is 4.26. The number of piperidine rings is 1. The first-order valence-corrected chi connectivity index (χ1v) is 12.1. The highest BCUT2D eigenvalue weighted by Gasteiger charge is 2.30. The molecule has 4 rings (SSSR count). The lowest BCUT2D eigenvalue weighted by molar-refractivity contribution is -0.384. The van der Waals surface area contributed by atoms with Crippen molar-refractivity contribution in [1.82, 2.24) is 10.2 Å². The summed E-state index contributed by atoms with van der Waals surface area (Å²) >= 11 is 0. The Bertz CT molecular complexity index is 1030. The van der Waals surface area contributed by atoms with E-state index in [1.165, 1.54) is 6.07 Å². The van der Waals surface area contributed by atoms with Crippen LogP contribution in [0, 0.1) is 16.0 Å². The summed E-state index contributed by atoms with van der Waals surface area (Å²) in [4.78, 5) is 41.5. The van der Waals surface area contributed by atoms with Gasteiger partial charge in [-0.3, -0.25) is 19.7 Å². The summed E-state index contributed by atoms with van der Waals surface area (Å²) in [5.74, 6) is 0.0219. The maximum atomic E-state index is 13.2. The number of nitrogens with zero attached hydrogens (tertiary/aromatic N) is 3. The summed E-state index contributed by atoms with van der Waals surface area (Å²) in [5, 5.41) is 14.7. The van der Waals surface area contributed by atoms with Crippen molar-refractivity contribution in [3.8, 4) is 0 Å². The Labute approximate surface area is 200 Å². The summed E-state index contributed by atoms with van der Waals surface area (Å²) in [6.45, 7) is 5.09. The summed E-state index contributed by atoms with van der Waals surface area (Å²) in [7, 11) is 0. The van der Waals surface area contributed by atoms with Gasteiger partial charge in [-0.2, -0.15) is 0 Å². The highest BCUT2D eigenvalue weighted by Crippen LogP contribution is 2.32. The molecule has 2 fully saturated rings. The molecule has 2 saturated heterocycles. The molecule has 0 spiro atoms. The van der Waals surface area contributed by atoms with Gasteiger partial charge < -0.3 is 15.1 Å². The molecule has 2 amide bonds. The predicted octanol–water partition coefficient (Wildman–Crippen LogP) is 3.79. The van der Waals surface area contributed by atoms with Gasteiger partial charge in [-0.1, -0.05) is 37.3 Å². The molecule has 1 atom stereocenters. The molecule has 8 heteroatoms. The molecule has 0 bridgehead atoms. The van der Waals surface area contributed by atoms with Crippen LogP contribution in [-0.4, -0.2) is 53.9 Å². The number of amides is 2. The van der Waals surface area contributed by atoms with Crippen molar-refractivity contribution in [2.45, 2.75) is 45.1 Å². The molecule has 8 nitrogen and oxygen atoms in total. The average Bonchev–Trinajstić information content (AvgIpc) is 3.39. The fourth-order valence-electron chi connectivity index (χ4n) is 4.78. The summed E-state index contributed by atoms with van der Waals surface area (Å²) in [6, 6.07) is 13.5. The molecule has 180 valence electrons. The monoisotopic (exact) mass is 464 g/mol. The normalized spacial score (nSPS) is 17.4. The topological polar surface area (TPSA) is 95.8 Å².